The molecular weight excluding hydrogens is 244 g/mol. The summed E-state index contributed by atoms with van der Waals surface area (Å²) in [6.07, 6.45) is 0. The number of carbonyl (C=O) groups excluding carboxylic acids is 2. The molecule has 0 fully saturated rings. The zero-order chi connectivity index (χ0) is 13.8. The fourth-order valence-electron chi connectivity index (χ4n) is 1.49. The average molecular weight is 256 g/mol. The third-order valence-electron chi connectivity index (χ3n) is 2.58. The van der Waals surface area contributed by atoms with E-state index in [1.54, 1.807) is 24.3 Å². The van der Waals surface area contributed by atoms with Crippen LogP contribution in [0.4, 0.5) is 0 Å². The molecule has 0 bridgehead atoms. The Morgan fingerprint density at radius 3 is 1.74 bits per heavy atom. The standard InChI is InChI=1S/C15H12O4/c1-10-2-4-11(5-3-10)14(17)19-15(18)12-6-8-13(16)9-7-12/h2-9,16H,1H3. The molecule has 2 aromatic carbocycles. The van der Waals surface area contributed by atoms with Crippen molar-refractivity contribution in [2.24, 2.45) is 0 Å². The summed E-state index contributed by atoms with van der Waals surface area (Å²) in [6, 6.07) is 12.2. The molecule has 0 spiro atoms. The van der Waals surface area contributed by atoms with E-state index >= 15 is 0 Å². The molecule has 2 aromatic rings. The lowest BCUT2D eigenvalue weighted by Gasteiger charge is -2.03. The molecule has 19 heavy (non-hydrogen) atoms. The van der Waals surface area contributed by atoms with Gasteiger partial charge in [0, 0.05) is 0 Å². The molecule has 2 rings (SSSR count). The van der Waals surface area contributed by atoms with Crippen molar-refractivity contribution in [1.82, 2.24) is 0 Å². The summed E-state index contributed by atoms with van der Waals surface area (Å²) in [4.78, 5) is 23.4. The van der Waals surface area contributed by atoms with E-state index in [-0.39, 0.29) is 11.3 Å². The molecule has 0 atom stereocenters. The van der Waals surface area contributed by atoms with Gasteiger partial charge in [-0.3, -0.25) is 0 Å². The Balaban J connectivity index is 2.08. The lowest BCUT2D eigenvalue weighted by Crippen LogP contribution is -2.12. The molecule has 0 unspecified atom stereocenters. The first kappa shape index (κ1) is 12.8. The van der Waals surface area contributed by atoms with Gasteiger partial charge in [0.25, 0.3) is 0 Å². The van der Waals surface area contributed by atoms with E-state index in [1.807, 2.05) is 6.92 Å². The third kappa shape index (κ3) is 3.19. The highest BCUT2D eigenvalue weighted by Crippen LogP contribution is 2.12. The number of phenols is 1. The summed E-state index contributed by atoms with van der Waals surface area (Å²) in [5, 5.41) is 9.11. The van der Waals surface area contributed by atoms with Crippen LogP contribution in [0.25, 0.3) is 0 Å². The van der Waals surface area contributed by atoms with Gasteiger partial charge >= 0.3 is 11.9 Å². The van der Waals surface area contributed by atoms with Crippen LogP contribution in [-0.2, 0) is 4.74 Å². The minimum atomic E-state index is -0.745. The van der Waals surface area contributed by atoms with Crippen molar-refractivity contribution in [3.05, 3.63) is 65.2 Å². The second-order valence-electron chi connectivity index (χ2n) is 4.09. The number of aryl methyl sites for hydroxylation is 1. The molecule has 96 valence electrons. The van der Waals surface area contributed by atoms with Crippen molar-refractivity contribution in [2.75, 3.05) is 0 Å². The van der Waals surface area contributed by atoms with E-state index in [2.05, 4.69) is 0 Å². The molecule has 0 saturated carbocycles. The van der Waals surface area contributed by atoms with Crippen LogP contribution in [0.15, 0.2) is 48.5 Å². The van der Waals surface area contributed by atoms with E-state index in [9.17, 15) is 9.59 Å². The van der Waals surface area contributed by atoms with Crippen LogP contribution in [0.5, 0.6) is 5.75 Å². The SMILES string of the molecule is Cc1ccc(C(=O)OC(=O)c2ccc(O)cc2)cc1. The summed E-state index contributed by atoms with van der Waals surface area (Å²) in [5.74, 6) is -1.40. The summed E-state index contributed by atoms with van der Waals surface area (Å²) in [6.45, 7) is 1.90. The summed E-state index contributed by atoms with van der Waals surface area (Å²) in [5.41, 5.74) is 1.54. The van der Waals surface area contributed by atoms with Gasteiger partial charge in [-0.2, -0.15) is 0 Å². The molecule has 0 aliphatic carbocycles. The van der Waals surface area contributed by atoms with Crippen molar-refractivity contribution in [3.8, 4) is 5.75 Å². The van der Waals surface area contributed by atoms with Crippen molar-refractivity contribution in [2.45, 2.75) is 6.92 Å². The maximum Gasteiger partial charge on any atom is 0.346 e. The number of esters is 2. The highest BCUT2D eigenvalue weighted by molar-refractivity contribution is 6.02. The Kier molecular flexibility index (Phi) is 3.61. The van der Waals surface area contributed by atoms with Gasteiger partial charge in [-0.05, 0) is 43.3 Å². The predicted molar refractivity (Wildman–Crippen MR) is 69.0 cm³/mol. The zero-order valence-corrected chi connectivity index (χ0v) is 10.3. The third-order valence-corrected chi connectivity index (χ3v) is 2.58. The summed E-state index contributed by atoms with van der Waals surface area (Å²) in [7, 11) is 0. The van der Waals surface area contributed by atoms with E-state index in [1.165, 1.54) is 24.3 Å². The molecular formula is C15H12O4. The maximum absolute atomic E-state index is 11.7. The molecule has 0 amide bonds. The van der Waals surface area contributed by atoms with E-state index in [0.717, 1.165) is 5.56 Å². The Labute approximate surface area is 110 Å². The predicted octanol–water partition coefficient (Wildman–Crippen LogP) is 2.70. The topological polar surface area (TPSA) is 63.6 Å². The lowest BCUT2D eigenvalue weighted by atomic mass is 10.1. The van der Waals surface area contributed by atoms with Crippen LogP contribution in [0, 0.1) is 6.92 Å². The van der Waals surface area contributed by atoms with Gasteiger partial charge < -0.3 is 9.84 Å². The molecule has 0 aliphatic heterocycles. The second kappa shape index (κ2) is 5.35. The monoisotopic (exact) mass is 256 g/mol. The highest BCUT2D eigenvalue weighted by Gasteiger charge is 2.14. The lowest BCUT2D eigenvalue weighted by molar-refractivity contribution is 0.0398. The van der Waals surface area contributed by atoms with Gasteiger partial charge in [0.15, 0.2) is 0 Å². The maximum atomic E-state index is 11.7. The first-order chi connectivity index (χ1) is 9.06. The first-order valence-electron chi connectivity index (χ1n) is 5.68. The van der Waals surface area contributed by atoms with Gasteiger partial charge in [-0.25, -0.2) is 9.59 Å². The van der Waals surface area contributed by atoms with E-state index in [0.29, 0.717) is 5.56 Å². The van der Waals surface area contributed by atoms with Gasteiger partial charge in [0.2, 0.25) is 0 Å². The molecule has 0 heterocycles. The number of carbonyl (C=O) groups is 2. The molecule has 1 N–H and O–H groups in total. The number of benzene rings is 2. The van der Waals surface area contributed by atoms with Crippen LogP contribution in [0.1, 0.15) is 26.3 Å². The molecule has 0 aromatic heterocycles. The molecule has 0 aliphatic rings. The number of hydrogen-bond acceptors (Lipinski definition) is 4. The van der Waals surface area contributed by atoms with Crippen LogP contribution in [0.3, 0.4) is 0 Å². The minimum Gasteiger partial charge on any atom is -0.508 e. The van der Waals surface area contributed by atoms with Gasteiger partial charge in [-0.1, -0.05) is 17.7 Å². The molecule has 0 saturated heterocycles. The van der Waals surface area contributed by atoms with Gasteiger partial charge in [0.1, 0.15) is 5.75 Å². The molecule has 4 nitrogen and oxygen atoms in total. The summed E-state index contributed by atoms with van der Waals surface area (Å²) >= 11 is 0. The smallest absolute Gasteiger partial charge is 0.346 e. The average Bonchev–Trinajstić information content (AvgIpc) is 2.40. The normalized spacial score (nSPS) is 9.95. The van der Waals surface area contributed by atoms with Crippen LogP contribution < -0.4 is 0 Å². The van der Waals surface area contributed by atoms with Crippen LogP contribution in [0.2, 0.25) is 0 Å². The van der Waals surface area contributed by atoms with Crippen LogP contribution >= 0.6 is 0 Å². The Bertz CT molecular complexity index is 542. The van der Waals surface area contributed by atoms with Crippen molar-refractivity contribution < 1.29 is 19.4 Å². The van der Waals surface area contributed by atoms with Gasteiger partial charge in [0.05, 0.1) is 11.1 Å². The first-order valence-corrected chi connectivity index (χ1v) is 5.68. The Hall–Kier alpha value is -2.62. The number of ether oxygens (including phenoxy) is 1. The Morgan fingerprint density at radius 2 is 1.26 bits per heavy atom. The van der Waals surface area contributed by atoms with Crippen LogP contribution in [-0.4, -0.2) is 17.0 Å². The Morgan fingerprint density at radius 1 is 0.842 bits per heavy atom. The quantitative estimate of drug-likeness (QED) is 0.662. The number of aromatic hydroxyl groups is 1. The van der Waals surface area contributed by atoms with Gasteiger partial charge in [-0.15, -0.1) is 0 Å². The fourth-order valence-corrected chi connectivity index (χ4v) is 1.49. The highest BCUT2D eigenvalue weighted by atomic mass is 16.6. The van der Waals surface area contributed by atoms with Crippen molar-refractivity contribution >= 4 is 11.9 Å². The van der Waals surface area contributed by atoms with Crippen molar-refractivity contribution in [3.63, 3.8) is 0 Å². The fraction of sp³-hybridized carbons (Fsp3) is 0.0667. The largest absolute Gasteiger partial charge is 0.508 e. The zero-order valence-electron chi connectivity index (χ0n) is 10.3. The minimum absolute atomic E-state index is 0.0430. The number of rotatable bonds is 2. The second-order valence-corrected chi connectivity index (χ2v) is 4.09. The molecule has 4 heteroatoms. The van der Waals surface area contributed by atoms with E-state index < -0.39 is 11.9 Å². The number of hydrogen-bond donors (Lipinski definition) is 1. The summed E-state index contributed by atoms with van der Waals surface area (Å²) < 4.78 is 4.74. The number of phenolic OH excluding ortho intramolecular Hbond substituents is 1. The molecule has 0 radical (unpaired) electrons. The van der Waals surface area contributed by atoms with E-state index in [4.69, 9.17) is 9.84 Å². The van der Waals surface area contributed by atoms with Crippen molar-refractivity contribution in [1.29, 1.82) is 0 Å².